The highest BCUT2D eigenvalue weighted by Gasteiger charge is 2.21. The third-order valence-corrected chi connectivity index (χ3v) is 3.40. The van der Waals surface area contributed by atoms with E-state index >= 15 is 0 Å². The van der Waals surface area contributed by atoms with Crippen LogP contribution in [0, 0.1) is 6.92 Å². The molecule has 7 nitrogen and oxygen atoms in total. The Balaban J connectivity index is 2.59. The highest BCUT2D eigenvalue weighted by atomic mass is 16.5. The first kappa shape index (κ1) is 18.0. The summed E-state index contributed by atoms with van der Waals surface area (Å²) in [5.41, 5.74) is 0. The molecule has 1 rings (SSSR count). The van der Waals surface area contributed by atoms with E-state index in [-0.39, 0.29) is 24.5 Å². The number of aryl methyl sites for hydroxylation is 1. The number of amides is 3. The summed E-state index contributed by atoms with van der Waals surface area (Å²) in [4.78, 5) is 25.8. The third-order valence-electron chi connectivity index (χ3n) is 3.40. The average molecular weight is 310 g/mol. The number of aromatic nitrogens is 1. The van der Waals surface area contributed by atoms with Gasteiger partial charge in [-0.1, -0.05) is 25.4 Å². The molecule has 1 aromatic rings. The smallest absolute Gasteiger partial charge is 0.318 e. The molecule has 0 radical (unpaired) electrons. The standard InChI is InChI=1S/C15H26N4O3/c1-5-7-8-16-15(21)19(11(3)6-2)10-14(20)17-13-9-12(4)22-18-13/h9,11H,5-8,10H2,1-4H3,(H,16,21)(H,17,18,20). The minimum absolute atomic E-state index is 0.0150. The Morgan fingerprint density at radius 1 is 1.41 bits per heavy atom. The van der Waals surface area contributed by atoms with Gasteiger partial charge in [-0.05, 0) is 26.7 Å². The van der Waals surface area contributed by atoms with Crippen molar-refractivity contribution >= 4 is 17.8 Å². The van der Waals surface area contributed by atoms with Crippen LogP contribution in [0.1, 0.15) is 45.8 Å². The molecule has 1 atom stereocenters. The highest BCUT2D eigenvalue weighted by molar-refractivity contribution is 5.93. The summed E-state index contributed by atoms with van der Waals surface area (Å²) in [6.07, 6.45) is 2.71. The number of hydrogen-bond donors (Lipinski definition) is 2. The molecule has 0 saturated heterocycles. The number of carbonyl (C=O) groups excluding carboxylic acids is 2. The van der Waals surface area contributed by atoms with E-state index in [4.69, 9.17) is 4.52 Å². The maximum Gasteiger partial charge on any atom is 0.318 e. The normalized spacial score (nSPS) is 11.8. The van der Waals surface area contributed by atoms with Crippen molar-refractivity contribution in [3.05, 3.63) is 11.8 Å². The predicted molar refractivity (Wildman–Crippen MR) is 84.6 cm³/mol. The molecule has 1 heterocycles. The Kier molecular flexibility index (Phi) is 7.42. The van der Waals surface area contributed by atoms with Gasteiger partial charge in [0, 0.05) is 18.7 Å². The van der Waals surface area contributed by atoms with E-state index in [0.717, 1.165) is 19.3 Å². The number of hydrogen-bond acceptors (Lipinski definition) is 4. The largest absolute Gasteiger partial charge is 0.360 e. The molecule has 0 spiro atoms. The molecule has 0 aliphatic rings. The molecule has 1 unspecified atom stereocenters. The zero-order valence-electron chi connectivity index (χ0n) is 13.8. The first-order valence-electron chi connectivity index (χ1n) is 7.75. The maximum atomic E-state index is 12.2. The second-order valence-corrected chi connectivity index (χ2v) is 5.34. The van der Waals surface area contributed by atoms with Crippen molar-refractivity contribution in [1.82, 2.24) is 15.4 Å². The monoisotopic (exact) mass is 310 g/mol. The number of unbranched alkanes of at least 4 members (excludes halogenated alkanes) is 1. The Hall–Kier alpha value is -2.05. The molecule has 2 N–H and O–H groups in total. The summed E-state index contributed by atoms with van der Waals surface area (Å²) >= 11 is 0. The van der Waals surface area contributed by atoms with E-state index in [9.17, 15) is 9.59 Å². The third kappa shape index (κ3) is 5.75. The lowest BCUT2D eigenvalue weighted by Gasteiger charge is -2.28. The van der Waals surface area contributed by atoms with E-state index in [0.29, 0.717) is 18.1 Å². The molecule has 0 saturated carbocycles. The summed E-state index contributed by atoms with van der Waals surface area (Å²) in [6, 6.07) is 1.40. The van der Waals surface area contributed by atoms with Crippen LogP contribution in [-0.4, -0.2) is 41.1 Å². The van der Waals surface area contributed by atoms with Gasteiger partial charge in [0.05, 0.1) is 0 Å². The van der Waals surface area contributed by atoms with Crippen LogP contribution in [0.15, 0.2) is 10.6 Å². The molecule has 0 aliphatic carbocycles. The van der Waals surface area contributed by atoms with Gasteiger partial charge in [-0.15, -0.1) is 0 Å². The number of carbonyl (C=O) groups is 2. The van der Waals surface area contributed by atoms with Crippen LogP contribution < -0.4 is 10.6 Å². The first-order chi connectivity index (χ1) is 10.5. The van der Waals surface area contributed by atoms with Crippen LogP contribution in [0.25, 0.3) is 0 Å². The van der Waals surface area contributed by atoms with Crippen LogP contribution in [-0.2, 0) is 4.79 Å². The second-order valence-electron chi connectivity index (χ2n) is 5.34. The van der Waals surface area contributed by atoms with Crippen molar-refractivity contribution < 1.29 is 14.1 Å². The van der Waals surface area contributed by atoms with Crippen LogP contribution in [0.4, 0.5) is 10.6 Å². The van der Waals surface area contributed by atoms with Gasteiger partial charge in [-0.2, -0.15) is 0 Å². The minimum atomic E-state index is -0.292. The summed E-state index contributed by atoms with van der Waals surface area (Å²) in [7, 11) is 0. The van der Waals surface area contributed by atoms with Gasteiger partial charge in [0.15, 0.2) is 5.82 Å². The Labute approximate surface area is 131 Å². The molecule has 0 aromatic carbocycles. The number of nitrogens with zero attached hydrogens (tertiary/aromatic N) is 2. The fraction of sp³-hybridized carbons (Fsp3) is 0.667. The lowest BCUT2D eigenvalue weighted by Crippen LogP contribution is -2.48. The van der Waals surface area contributed by atoms with Gasteiger partial charge in [0.25, 0.3) is 0 Å². The zero-order valence-corrected chi connectivity index (χ0v) is 13.8. The van der Waals surface area contributed by atoms with Crippen molar-refractivity contribution in [2.24, 2.45) is 0 Å². The van der Waals surface area contributed by atoms with Gasteiger partial charge in [0.2, 0.25) is 5.91 Å². The second kappa shape index (κ2) is 9.07. The van der Waals surface area contributed by atoms with Crippen molar-refractivity contribution in [3.63, 3.8) is 0 Å². The van der Waals surface area contributed by atoms with Gasteiger partial charge in [-0.25, -0.2) is 4.79 Å². The summed E-state index contributed by atoms with van der Waals surface area (Å²) in [5, 5.41) is 9.18. The van der Waals surface area contributed by atoms with Crippen molar-refractivity contribution in [2.75, 3.05) is 18.4 Å². The van der Waals surface area contributed by atoms with Gasteiger partial charge >= 0.3 is 6.03 Å². The Bertz CT molecular complexity index is 487. The summed E-state index contributed by atoms with van der Waals surface area (Å²) < 4.78 is 4.89. The predicted octanol–water partition coefficient (Wildman–Crippen LogP) is 2.53. The topological polar surface area (TPSA) is 87.5 Å². The van der Waals surface area contributed by atoms with E-state index in [1.54, 1.807) is 13.0 Å². The molecule has 0 fully saturated rings. The molecule has 124 valence electrons. The molecular weight excluding hydrogens is 284 g/mol. The fourth-order valence-electron chi connectivity index (χ4n) is 1.88. The fourth-order valence-corrected chi connectivity index (χ4v) is 1.88. The zero-order chi connectivity index (χ0) is 16.5. The van der Waals surface area contributed by atoms with Crippen LogP contribution >= 0.6 is 0 Å². The van der Waals surface area contributed by atoms with Gasteiger partial charge < -0.3 is 20.1 Å². The van der Waals surface area contributed by atoms with Crippen LogP contribution in [0.5, 0.6) is 0 Å². The number of urea groups is 1. The summed E-state index contributed by atoms with van der Waals surface area (Å²) in [6.45, 7) is 8.31. The number of nitrogens with one attached hydrogen (secondary N) is 2. The number of anilines is 1. The quantitative estimate of drug-likeness (QED) is 0.722. The molecule has 22 heavy (non-hydrogen) atoms. The minimum Gasteiger partial charge on any atom is -0.360 e. The average Bonchev–Trinajstić information content (AvgIpc) is 2.89. The maximum absolute atomic E-state index is 12.2. The van der Waals surface area contributed by atoms with E-state index in [1.807, 2.05) is 13.8 Å². The van der Waals surface area contributed by atoms with E-state index < -0.39 is 0 Å². The molecule has 7 heteroatoms. The van der Waals surface area contributed by atoms with Crippen molar-refractivity contribution in [1.29, 1.82) is 0 Å². The summed E-state index contributed by atoms with van der Waals surface area (Å²) in [5.74, 6) is 0.684. The first-order valence-corrected chi connectivity index (χ1v) is 7.75. The van der Waals surface area contributed by atoms with Gasteiger partial charge in [0.1, 0.15) is 12.3 Å². The lowest BCUT2D eigenvalue weighted by molar-refractivity contribution is -0.117. The Morgan fingerprint density at radius 2 is 2.14 bits per heavy atom. The molecule has 0 bridgehead atoms. The molecule has 3 amide bonds. The highest BCUT2D eigenvalue weighted by Crippen LogP contribution is 2.08. The van der Waals surface area contributed by atoms with Crippen LogP contribution in [0.3, 0.4) is 0 Å². The van der Waals surface area contributed by atoms with E-state index in [1.165, 1.54) is 4.90 Å². The molecule has 1 aromatic heterocycles. The SMILES string of the molecule is CCCCNC(=O)N(CC(=O)Nc1cc(C)on1)C(C)CC. The number of rotatable bonds is 8. The van der Waals surface area contributed by atoms with Gasteiger partial charge in [-0.3, -0.25) is 4.79 Å². The lowest BCUT2D eigenvalue weighted by atomic mass is 10.2. The molecular formula is C15H26N4O3. The van der Waals surface area contributed by atoms with Crippen molar-refractivity contribution in [3.8, 4) is 0 Å². The Morgan fingerprint density at radius 3 is 2.68 bits per heavy atom. The van der Waals surface area contributed by atoms with E-state index in [2.05, 4.69) is 22.7 Å². The molecule has 0 aliphatic heterocycles. The van der Waals surface area contributed by atoms with Crippen molar-refractivity contribution in [2.45, 2.75) is 53.0 Å². The van der Waals surface area contributed by atoms with Crippen LogP contribution in [0.2, 0.25) is 0 Å².